The first-order valence-corrected chi connectivity index (χ1v) is 6.49. The molecule has 0 unspecified atom stereocenters. The van der Waals surface area contributed by atoms with E-state index in [2.05, 4.69) is 10.3 Å². The third-order valence-corrected chi connectivity index (χ3v) is 3.12. The minimum atomic E-state index is 0.0929. The number of pyridine rings is 1. The van der Waals surface area contributed by atoms with Gasteiger partial charge in [0.05, 0.1) is 7.11 Å². The molecule has 1 aromatic heterocycles. The number of benzene rings is 1. The molecule has 20 heavy (non-hydrogen) atoms. The second-order valence-electron chi connectivity index (χ2n) is 4.68. The summed E-state index contributed by atoms with van der Waals surface area (Å²) in [4.78, 5) is 17.5. The Hall–Kier alpha value is -2.30. The highest BCUT2D eigenvalue weighted by molar-refractivity contribution is 5.95. The van der Waals surface area contributed by atoms with E-state index in [1.807, 2.05) is 24.3 Å². The molecule has 0 atom stereocenters. The third kappa shape index (κ3) is 2.99. The average Bonchev–Trinajstić information content (AvgIpc) is 2.46. The van der Waals surface area contributed by atoms with E-state index in [1.165, 1.54) is 0 Å². The molecule has 1 N–H and O–H groups in total. The monoisotopic (exact) mass is 273 g/mol. The fraction of sp³-hybridized carbons (Fsp3) is 0.333. The molecule has 0 saturated carbocycles. The quantitative estimate of drug-likeness (QED) is 0.906. The first-order chi connectivity index (χ1) is 9.63. The lowest BCUT2D eigenvalue weighted by Gasteiger charge is -2.12. The van der Waals surface area contributed by atoms with Gasteiger partial charge in [-0.25, -0.2) is 4.98 Å². The maximum Gasteiger partial charge on any atom is 0.223 e. The number of hydrogen-bond acceptors (Lipinski definition) is 4. The zero-order chi connectivity index (χ0) is 14.5. The third-order valence-electron chi connectivity index (χ3n) is 3.12. The van der Waals surface area contributed by atoms with Crippen LogP contribution in [-0.4, -0.2) is 43.5 Å². The van der Waals surface area contributed by atoms with Crippen molar-refractivity contribution < 1.29 is 9.53 Å². The predicted molar refractivity (Wildman–Crippen MR) is 80.1 cm³/mol. The Labute approximate surface area is 118 Å². The SMILES string of the molecule is COc1cccc2c(NCCC(=O)N(C)C)nccc12. The molecule has 0 aliphatic heterocycles. The molecule has 106 valence electrons. The zero-order valence-corrected chi connectivity index (χ0v) is 12.0. The van der Waals surface area contributed by atoms with Gasteiger partial charge in [0.1, 0.15) is 11.6 Å². The molecular formula is C15H19N3O2. The number of ether oxygens (including phenoxy) is 1. The minimum absolute atomic E-state index is 0.0929. The van der Waals surface area contributed by atoms with Crippen molar-refractivity contribution in [2.24, 2.45) is 0 Å². The largest absolute Gasteiger partial charge is 0.496 e. The van der Waals surface area contributed by atoms with Crippen LogP contribution >= 0.6 is 0 Å². The van der Waals surface area contributed by atoms with Gasteiger partial charge >= 0.3 is 0 Å². The number of nitrogens with zero attached hydrogens (tertiary/aromatic N) is 2. The predicted octanol–water partition coefficient (Wildman–Crippen LogP) is 2.13. The topological polar surface area (TPSA) is 54.5 Å². The Morgan fingerprint density at radius 1 is 1.30 bits per heavy atom. The minimum Gasteiger partial charge on any atom is -0.496 e. The maximum atomic E-state index is 11.5. The molecule has 1 aromatic carbocycles. The number of nitrogens with one attached hydrogen (secondary N) is 1. The van der Waals surface area contributed by atoms with E-state index in [-0.39, 0.29) is 5.91 Å². The van der Waals surface area contributed by atoms with Crippen LogP contribution in [0.4, 0.5) is 5.82 Å². The standard InChI is InChI=1S/C15H19N3O2/c1-18(2)14(19)8-10-17-15-12-5-4-6-13(20-3)11(12)7-9-16-15/h4-7,9H,8,10H2,1-3H3,(H,16,17). The Balaban J connectivity index is 2.17. The van der Waals surface area contributed by atoms with Crippen LogP contribution in [0.2, 0.25) is 0 Å². The van der Waals surface area contributed by atoms with Crippen LogP contribution in [0, 0.1) is 0 Å². The van der Waals surface area contributed by atoms with Gasteiger partial charge in [0.25, 0.3) is 0 Å². The molecule has 5 heteroatoms. The van der Waals surface area contributed by atoms with Crippen molar-refractivity contribution in [3.63, 3.8) is 0 Å². The van der Waals surface area contributed by atoms with Crippen LogP contribution in [0.5, 0.6) is 5.75 Å². The Kier molecular flexibility index (Phi) is 4.40. The van der Waals surface area contributed by atoms with E-state index in [0.29, 0.717) is 13.0 Å². The van der Waals surface area contributed by atoms with E-state index in [9.17, 15) is 4.79 Å². The Bertz CT molecular complexity index is 611. The summed E-state index contributed by atoms with van der Waals surface area (Å²) in [5.41, 5.74) is 0. The molecule has 0 saturated heterocycles. The average molecular weight is 273 g/mol. The number of carbonyl (C=O) groups excluding carboxylic acids is 1. The van der Waals surface area contributed by atoms with E-state index in [0.717, 1.165) is 22.3 Å². The lowest BCUT2D eigenvalue weighted by Crippen LogP contribution is -2.24. The second-order valence-corrected chi connectivity index (χ2v) is 4.68. The molecule has 0 radical (unpaired) electrons. The molecule has 2 aromatic rings. The van der Waals surface area contributed by atoms with Crippen molar-refractivity contribution >= 4 is 22.5 Å². The zero-order valence-electron chi connectivity index (χ0n) is 12.0. The highest BCUT2D eigenvalue weighted by Gasteiger charge is 2.07. The summed E-state index contributed by atoms with van der Waals surface area (Å²) in [6, 6.07) is 7.76. The number of methoxy groups -OCH3 is 1. The van der Waals surface area contributed by atoms with E-state index in [1.54, 1.807) is 32.3 Å². The van der Waals surface area contributed by atoms with Gasteiger partial charge in [-0.1, -0.05) is 12.1 Å². The van der Waals surface area contributed by atoms with Gasteiger partial charge in [0.2, 0.25) is 5.91 Å². The van der Waals surface area contributed by atoms with Crippen molar-refractivity contribution in [1.29, 1.82) is 0 Å². The van der Waals surface area contributed by atoms with Gasteiger partial charge in [-0.3, -0.25) is 4.79 Å². The van der Waals surface area contributed by atoms with Gasteiger partial charge in [-0.2, -0.15) is 0 Å². The normalized spacial score (nSPS) is 10.3. The summed E-state index contributed by atoms with van der Waals surface area (Å²) in [7, 11) is 5.16. The molecule has 0 fully saturated rings. The lowest BCUT2D eigenvalue weighted by molar-refractivity contribution is -0.128. The van der Waals surface area contributed by atoms with Crippen LogP contribution in [0.25, 0.3) is 10.8 Å². The fourth-order valence-corrected chi connectivity index (χ4v) is 2.01. The summed E-state index contributed by atoms with van der Waals surface area (Å²) in [5, 5.41) is 5.21. The van der Waals surface area contributed by atoms with Gasteiger partial charge < -0.3 is 15.0 Å². The first-order valence-electron chi connectivity index (χ1n) is 6.49. The van der Waals surface area contributed by atoms with Gasteiger partial charge in [0.15, 0.2) is 0 Å². The van der Waals surface area contributed by atoms with E-state index in [4.69, 9.17) is 4.74 Å². The first kappa shape index (κ1) is 14.1. The lowest BCUT2D eigenvalue weighted by atomic mass is 10.1. The number of rotatable bonds is 5. The van der Waals surface area contributed by atoms with Gasteiger partial charge in [-0.05, 0) is 12.1 Å². The number of hydrogen-bond donors (Lipinski definition) is 1. The Morgan fingerprint density at radius 3 is 2.80 bits per heavy atom. The summed E-state index contributed by atoms with van der Waals surface area (Å²) in [6.07, 6.45) is 2.18. The number of anilines is 1. The summed E-state index contributed by atoms with van der Waals surface area (Å²) < 4.78 is 5.34. The summed E-state index contributed by atoms with van der Waals surface area (Å²) in [6.45, 7) is 0.556. The molecular weight excluding hydrogens is 254 g/mol. The van der Waals surface area contributed by atoms with Crippen LogP contribution < -0.4 is 10.1 Å². The molecule has 0 aliphatic rings. The van der Waals surface area contributed by atoms with Crippen molar-refractivity contribution in [2.75, 3.05) is 33.1 Å². The van der Waals surface area contributed by atoms with Gasteiger partial charge in [0, 0.05) is 44.0 Å². The molecule has 0 aliphatic carbocycles. The van der Waals surface area contributed by atoms with Crippen LogP contribution in [0.15, 0.2) is 30.5 Å². The van der Waals surface area contributed by atoms with Crippen molar-refractivity contribution in [3.05, 3.63) is 30.5 Å². The molecule has 1 amide bonds. The van der Waals surface area contributed by atoms with Crippen molar-refractivity contribution in [1.82, 2.24) is 9.88 Å². The smallest absolute Gasteiger partial charge is 0.223 e. The van der Waals surface area contributed by atoms with Crippen LogP contribution in [-0.2, 0) is 4.79 Å². The molecule has 2 rings (SSSR count). The van der Waals surface area contributed by atoms with Crippen LogP contribution in [0.3, 0.4) is 0 Å². The summed E-state index contributed by atoms with van der Waals surface area (Å²) >= 11 is 0. The van der Waals surface area contributed by atoms with E-state index < -0.39 is 0 Å². The number of fused-ring (bicyclic) bond motifs is 1. The molecule has 5 nitrogen and oxygen atoms in total. The van der Waals surface area contributed by atoms with E-state index >= 15 is 0 Å². The van der Waals surface area contributed by atoms with Gasteiger partial charge in [-0.15, -0.1) is 0 Å². The number of carbonyl (C=O) groups is 1. The highest BCUT2D eigenvalue weighted by Crippen LogP contribution is 2.28. The fourth-order valence-electron chi connectivity index (χ4n) is 2.01. The molecule has 0 bridgehead atoms. The Morgan fingerprint density at radius 2 is 2.10 bits per heavy atom. The second kappa shape index (κ2) is 6.23. The number of amides is 1. The number of aromatic nitrogens is 1. The van der Waals surface area contributed by atoms with Crippen LogP contribution in [0.1, 0.15) is 6.42 Å². The van der Waals surface area contributed by atoms with Crippen molar-refractivity contribution in [3.8, 4) is 5.75 Å². The molecule has 0 spiro atoms. The molecule has 1 heterocycles. The maximum absolute atomic E-state index is 11.5. The van der Waals surface area contributed by atoms with Crippen molar-refractivity contribution in [2.45, 2.75) is 6.42 Å². The summed E-state index contributed by atoms with van der Waals surface area (Å²) in [5.74, 6) is 1.68. The highest BCUT2D eigenvalue weighted by atomic mass is 16.5.